The zero-order chi connectivity index (χ0) is 20.8. The maximum Gasteiger partial charge on any atom is 0.265 e. The molecule has 1 aliphatic carbocycles. The zero-order valence-electron chi connectivity index (χ0n) is 16.5. The maximum absolute atomic E-state index is 12.9. The van der Waals surface area contributed by atoms with E-state index in [0.29, 0.717) is 38.5 Å². The lowest BCUT2D eigenvalue weighted by Crippen LogP contribution is -2.48. The van der Waals surface area contributed by atoms with Gasteiger partial charge in [-0.05, 0) is 42.5 Å². The van der Waals surface area contributed by atoms with Gasteiger partial charge in [-0.15, -0.1) is 0 Å². The van der Waals surface area contributed by atoms with Crippen LogP contribution in [0.3, 0.4) is 0 Å². The summed E-state index contributed by atoms with van der Waals surface area (Å²) in [6, 6.07) is 5.30. The molecule has 2 aliphatic rings. The summed E-state index contributed by atoms with van der Waals surface area (Å²) in [5.74, 6) is -0.336. The summed E-state index contributed by atoms with van der Waals surface area (Å²) in [5.41, 5.74) is 8.90. The molecule has 1 aromatic heterocycles. The van der Waals surface area contributed by atoms with Gasteiger partial charge in [0.15, 0.2) is 0 Å². The molecule has 0 atom stereocenters. The quantitative estimate of drug-likeness (QED) is 0.747. The third kappa shape index (κ3) is 3.77. The Morgan fingerprint density at radius 3 is 2.38 bits per heavy atom. The molecule has 156 valence electrons. The maximum atomic E-state index is 12.9. The largest absolute Gasteiger partial charge is 0.508 e. The van der Waals surface area contributed by atoms with E-state index in [1.807, 2.05) is 6.07 Å². The van der Waals surface area contributed by atoms with Gasteiger partial charge in [0.2, 0.25) is 10.0 Å². The number of aromatic nitrogens is 1. The van der Waals surface area contributed by atoms with Gasteiger partial charge in [-0.3, -0.25) is 9.69 Å². The highest BCUT2D eigenvalue weighted by atomic mass is 32.2. The van der Waals surface area contributed by atoms with Gasteiger partial charge in [0.05, 0.1) is 0 Å². The number of aryl methyl sites for hydroxylation is 3. The zero-order valence-corrected chi connectivity index (χ0v) is 17.3. The van der Waals surface area contributed by atoms with Crippen LogP contribution in [0, 0.1) is 0 Å². The van der Waals surface area contributed by atoms with Crippen molar-refractivity contribution >= 4 is 15.9 Å². The molecule has 0 bridgehead atoms. The van der Waals surface area contributed by atoms with Gasteiger partial charge in [0.1, 0.15) is 16.3 Å². The number of carbonyl (C=O) groups excluding carboxylic acids is 1. The first-order valence-corrected chi connectivity index (χ1v) is 11.2. The lowest BCUT2D eigenvalue weighted by Gasteiger charge is -2.34. The molecule has 0 unspecified atom stereocenters. The van der Waals surface area contributed by atoms with Crippen molar-refractivity contribution in [2.45, 2.75) is 30.7 Å². The Kier molecular flexibility index (Phi) is 5.14. The molecule has 1 aromatic carbocycles. The highest BCUT2D eigenvalue weighted by molar-refractivity contribution is 7.89. The van der Waals surface area contributed by atoms with E-state index in [-0.39, 0.29) is 10.6 Å². The first-order valence-electron chi connectivity index (χ1n) is 9.78. The van der Waals surface area contributed by atoms with E-state index in [1.165, 1.54) is 32.3 Å². The number of sulfonamides is 1. The minimum absolute atomic E-state index is 0.0820. The van der Waals surface area contributed by atoms with Crippen LogP contribution in [0.15, 0.2) is 29.3 Å². The summed E-state index contributed by atoms with van der Waals surface area (Å²) in [7, 11) is -2.08. The second-order valence-electron chi connectivity index (χ2n) is 7.82. The standard InChI is InChI=1S/C20H26N4O4S/c1-22-13-17(11-18(22)20(21)26)29(27,28)24-7-5-23(6-8-24)12-16-9-14-3-2-4-15(14)10-19(16)25/h9-11,13,25H,2-8,12H2,1H3,(H2,21,26). The van der Waals surface area contributed by atoms with Gasteiger partial charge in [0, 0.05) is 51.5 Å². The van der Waals surface area contributed by atoms with Gasteiger partial charge < -0.3 is 15.4 Å². The molecular formula is C20H26N4O4S. The van der Waals surface area contributed by atoms with Crippen LogP contribution in [0.2, 0.25) is 0 Å². The van der Waals surface area contributed by atoms with E-state index >= 15 is 0 Å². The molecule has 1 saturated heterocycles. The molecule has 0 spiro atoms. The molecule has 0 saturated carbocycles. The smallest absolute Gasteiger partial charge is 0.265 e. The van der Waals surface area contributed by atoms with Crippen LogP contribution in [0.4, 0.5) is 0 Å². The van der Waals surface area contributed by atoms with E-state index in [4.69, 9.17) is 5.73 Å². The number of rotatable bonds is 5. The number of primary amides is 1. The number of nitrogens with zero attached hydrogens (tertiary/aromatic N) is 3. The fourth-order valence-corrected chi connectivity index (χ4v) is 5.72. The van der Waals surface area contributed by atoms with Crippen LogP contribution in [0.25, 0.3) is 0 Å². The lowest BCUT2D eigenvalue weighted by molar-refractivity contribution is 0.0992. The molecule has 0 radical (unpaired) electrons. The van der Waals surface area contributed by atoms with Crippen molar-refractivity contribution in [3.8, 4) is 5.75 Å². The summed E-state index contributed by atoms with van der Waals surface area (Å²) >= 11 is 0. The van der Waals surface area contributed by atoms with Crippen LogP contribution in [-0.4, -0.2) is 59.4 Å². The number of amides is 1. The van der Waals surface area contributed by atoms with E-state index in [1.54, 1.807) is 7.05 Å². The van der Waals surface area contributed by atoms with Gasteiger partial charge in [0.25, 0.3) is 5.91 Å². The highest BCUT2D eigenvalue weighted by Crippen LogP contribution is 2.30. The number of piperazine rings is 1. The molecule has 1 aliphatic heterocycles. The number of fused-ring (bicyclic) bond motifs is 1. The minimum Gasteiger partial charge on any atom is -0.508 e. The second-order valence-corrected chi connectivity index (χ2v) is 9.76. The van der Waals surface area contributed by atoms with Crippen molar-refractivity contribution in [3.63, 3.8) is 0 Å². The van der Waals surface area contributed by atoms with E-state index in [9.17, 15) is 18.3 Å². The molecule has 2 heterocycles. The first kappa shape index (κ1) is 19.9. The van der Waals surface area contributed by atoms with Crippen LogP contribution in [-0.2, 0) is 36.5 Å². The van der Waals surface area contributed by atoms with Crippen LogP contribution in [0.1, 0.15) is 33.6 Å². The lowest BCUT2D eigenvalue weighted by atomic mass is 10.0. The number of carbonyl (C=O) groups is 1. The summed E-state index contributed by atoms with van der Waals surface area (Å²) < 4.78 is 28.7. The van der Waals surface area contributed by atoms with Gasteiger partial charge in [-0.25, -0.2) is 8.42 Å². The Bertz CT molecular complexity index is 1050. The summed E-state index contributed by atoms with van der Waals surface area (Å²) in [4.78, 5) is 13.7. The Morgan fingerprint density at radius 2 is 1.76 bits per heavy atom. The number of benzene rings is 1. The fraction of sp³-hybridized carbons (Fsp3) is 0.450. The predicted octanol–water partition coefficient (Wildman–Crippen LogP) is 0.825. The van der Waals surface area contributed by atoms with Crippen LogP contribution in [0.5, 0.6) is 5.75 Å². The Balaban J connectivity index is 1.43. The summed E-state index contributed by atoms with van der Waals surface area (Å²) in [6.45, 7) is 2.46. The molecule has 3 N–H and O–H groups in total. The number of hydrogen-bond donors (Lipinski definition) is 2. The Labute approximate surface area is 170 Å². The van der Waals surface area contributed by atoms with Crippen molar-refractivity contribution < 1.29 is 18.3 Å². The Hall–Kier alpha value is -2.36. The van der Waals surface area contributed by atoms with Gasteiger partial charge >= 0.3 is 0 Å². The van der Waals surface area contributed by atoms with E-state index in [0.717, 1.165) is 24.8 Å². The van der Waals surface area contributed by atoms with E-state index in [2.05, 4.69) is 11.0 Å². The molecule has 9 heteroatoms. The fourth-order valence-electron chi connectivity index (χ4n) is 4.23. The monoisotopic (exact) mass is 418 g/mol. The molecule has 4 rings (SSSR count). The number of nitrogens with two attached hydrogens (primary N) is 1. The average molecular weight is 419 g/mol. The van der Waals surface area contributed by atoms with Crippen molar-refractivity contribution in [1.29, 1.82) is 0 Å². The first-order chi connectivity index (χ1) is 13.8. The number of hydrogen-bond acceptors (Lipinski definition) is 5. The molecule has 1 amide bonds. The SMILES string of the molecule is Cn1cc(S(=O)(=O)N2CCN(Cc3cc4c(cc3O)CCC4)CC2)cc1C(N)=O. The molecule has 2 aromatic rings. The van der Waals surface area contributed by atoms with Crippen molar-refractivity contribution in [2.75, 3.05) is 26.2 Å². The topological polar surface area (TPSA) is 109 Å². The second kappa shape index (κ2) is 7.47. The number of phenolic OH excluding ortho intramolecular Hbond substituents is 1. The molecule has 1 fully saturated rings. The molecule has 8 nitrogen and oxygen atoms in total. The van der Waals surface area contributed by atoms with Crippen molar-refractivity contribution in [1.82, 2.24) is 13.8 Å². The minimum atomic E-state index is -3.68. The average Bonchev–Trinajstić information content (AvgIpc) is 3.29. The van der Waals surface area contributed by atoms with Crippen molar-refractivity contribution in [2.24, 2.45) is 12.8 Å². The highest BCUT2D eigenvalue weighted by Gasteiger charge is 2.30. The molecular weight excluding hydrogens is 392 g/mol. The summed E-state index contributed by atoms with van der Waals surface area (Å²) in [6.07, 6.45) is 4.63. The van der Waals surface area contributed by atoms with Crippen molar-refractivity contribution in [3.05, 3.63) is 46.8 Å². The van der Waals surface area contributed by atoms with Gasteiger partial charge in [-0.1, -0.05) is 6.07 Å². The predicted molar refractivity (Wildman–Crippen MR) is 108 cm³/mol. The number of phenols is 1. The molecule has 29 heavy (non-hydrogen) atoms. The number of aromatic hydroxyl groups is 1. The van der Waals surface area contributed by atoms with Crippen LogP contribution < -0.4 is 5.73 Å². The Morgan fingerprint density at radius 1 is 1.10 bits per heavy atom. The van der Waals surface area contributed by atoms with E-state index < -0.39 is 15.9 Å². The third-order valence-corrected chi connectivity index (χ3v) is 7.75. The van der Waals surface area contributed by atoms with Gasteiger partial charge in [-0.2, -0.15) is 4.31 Å². The normalized spacial score (nSPS) is 18.1. The summed E-state index contributed by atoms with van der Waals surface area (Å²) in [5, 5.41) is 10.3. The third-order valence-electron chi connectivity index (χ3n) is 5.89. The van der Waals surface area contributed by atoms with Crippen LogP contribution >= 0.6 is 0 Å².